The van der Waals surface area contributed by atoms with Crippen LogP contribution in [0.2, 0.25) is 0 Å². The van der Waals surface area contributed by atoms with E-state index in [0.29, 0.717) is 44.1 Å². The molecule has 0 amide bonds. The van der Waals surface area contributed by atoms with E-state index in [1.165, 1.54) is 42.5 Å². The van der Waals surface area contributed by atoms with E-state index in [2.05, 4.69) is 31.2 Å². The van der Waals surface area contributed by atoms with Crippen molar-refractivity contribution in [2.45, 2.75) is 102 Å². The molecule has 41 heavy (non-hydrogen) atoms. The molecule has 2 aliphatic carbocycles. The van der Waals surface area contributed by atoms with E-state index < -0.39 is 29.2 Å². The molecule has 3 aromatic carbocycles. The number of nitrogens with zero attached hydrogens (tertiary/aromatic N) is 1. The van der Waals surface area contributed by atoms with Gasteiger partial charge in [0.25, 0.3) is 0 Å². The summed E-state index contributed by atoms with van der Waals surface area (Å²) in [6.07, 6.45) is 10.4. The van der Waals surface area contributed by atoms with E-state index in [9.17, 15) is 4.39 Å². The second kappa shape index (κ2) is 13.2. The number of hydrogen-bond donors (Lipinski definition) is 0. The van der Waals surface area contributed by atoms with Gasteiger partial charge in [0, 0.05) is 5.56 Å². The first-order chi connectivity index (χ1) is 19.9. The maximum atomic E-state index is 15.8. The number of fused-ring (bicyclic) bond motifs is 1. The van der Waals surface area contributed by atoms with E-state index >= 15 is 13.2 Å². The van der Waals surface area contributed by atoms with Crippen LogP contribution in [0.25, 0.3) is 0 Å². The van der Waals surface area contributed by atoms with Crippen molar-refractivity contribution in [1.29, 1.82) is 5.26 Å². The molecule has 3 aromatic rings. The summed E-state index contributed by atoms with van der Waals surface area (Å²) in [6, 6.07) is 15.2. The van der Waals surface area contributed by atoms with Crippen molar-refractivity contribution in [1.82, 2.24) is 0 Å². The summed E-state index contributed by atoms with van der Waals surface area (Å²) in [4.78, 5) is 0. The van der Waals surface area contributed by atoms with E-state index in [-0.39, 0.29) is 28.5 Å². The van der Waals surface area contributed by atoms with E-state index in [4.69, 9.17) is 5.26 Å². The first kappa shape index (κ1) is 29.4. The second-order valence-electron chi connectivity index (χ2n) is 12.1. The lowest BCUT2D eigenvalue weighted by Gasteiger charge is -2.32. The Kier molecular flexibility index (Phi) is 9.48. The van der Waals surface area contributed by atoms with Gasteiger partial charge >= 0.3 is 0 Å². The number of hydrogen-bond acceptors (Lipinski definition) is 1. The largest absolute Gasteiger partial charge is 0.206 e. The first-order valence-corrected chi connectivity index (χ1v) is 15.3. The zero-order valence-corrected chi connectivity index (χ0v) is 23.9. The van der Waals surface area contributed by atoms with Gasteiger partial charge in [0.1, 0.15) is 17.7 Å². The zero-order chi connectivity index (χ0) is 28.9. The Bertz CT molecular complexity index is 1400. The monoisotopic (exact) mass is 561 g/mol. The molecule has 0 bridgehead atoms. The lowest BCUT2D eigenvalue weighted by atomic mass is 9.73. The molecule has 0 N–H and O–H groups in total. The molecule has 0 aromatic heterocycles. The fourth-order valence-electron chi connectivity index (χ4n) is 7.01. The fraction of sp³-hybridized carbons (Fsp3) is 0.472. The number of benzene rings is 3. The van der Waals surface area contributed by atoms with Crippen LogP contribution in [-0.2, 0) is 25.7 Å². The van der Waals surface area contributed by atoms with E-state index in [0.717, 1.165) is 31.2 Å². The molecule has 0 spiro atoms. The second-order valence-corrected chi connectivity index (χ2v) is 12.1. The first-order valence-electron chi connectivity index (χ1n) is 15.3. The third-order valence-corrected chi connectivity index (χ3v) is 9.51. The van der Waals surface area contributed by atoms with E-state index in [1.54, 1.807) is 6.07 Å². The minimum absolute atomic E-state index is 0.00479. The number of unbranched alkanes of at least 4 members (excludes halogenated alkanes) is 2. The summed E-state index contributed by atoms with van der Waals surface area (Å²) >= 11 is 0. The van der Waals surface area contributed by atoms with Crippen LogP contribution in [0.3, 0.4) is 0 Å². The molecule has 0 saturated heterocycles. The summed E-state index contributed by atoms with van der Waals surface area (Å²) < 4.78 is 60.8. The maximum absolute atomic E-state index is 15.8. The Balaban J connectivity index is 1.22. The number of halogens is 4. The van der Waals surface area contributed by atoms with Gasteiger partial charge in [-0.05, 0) is 128 Å². The van der Waals surface area contributed by atoms with Crippen molar-refractivity contribution in [2.75, 3.05) is 0 Å². The minimum atomic E-state index is -1.02. The smallest absolute Gasteiger partial charge is 0.165 e. The van der Waals surface area contributed by atoms with Crippen LogP contribution in [-0.4, -0.2) is 0 Å². The van der Waals surface area contributed by atoms with Crippen molar-refractivity contribution >= 4 is 0 Å². The molecule has 216 valence electrons. The predicted molar refractivity (Wildman–Crippen MR) is 155 cm³/mol. The van der Waals surface area contributed by atoms with Crippen molar-refractivity contribution in [3.8, 4) is 6.07 Å². The molecule has 2 aliphatic rings. The average molecular weight is 562 g/mol. The molecule has 5 rings (SSSR count). The third kappa shape index (κ3) is 6.53. The molecule has 1 nitrogen and oxygen atoms in total. The Labute approximate surface area is 241 Å². The summed E-state index contributed by atoms with van der Waals surface area (Å²) in [5, 5.41) is 8.97. The molecule has 5 heteroatoms. The topological polar surface area (TPSA) is 23.8 Å². The highest BCUT2D eigenvalue weighted by molar-refractivity contribution is 5.41. The van der Waals surface area contributed by atoms with Crippen LogP contribution >= 0.6 is 0 Å². The molecule has 0 radical (unpaired) electrons. The number of nitriles is 1. The van der Waals surface area contributed by atoms with Crippen molar-refractivity contribution in [2.24, 2.45) is 5.92 Å². The van der Waals surface area contributed by atoms with Gasteiger partial charge in [0.15, 0.2) is 11.6 Å². The molecular weight excluding hydrogens is 522 g/mol. The van der Waals surface area contributed by atoms with Crippen LogP contribution < -0.4 is 0 Å². The normalized spacial score (nSPS) is 20.4. The van der Waals surface area contributed by atoms with Gasteiger partial charge < -0.3 is 0 Å². The van der Waals surface area contributed by atoms with Crippen molar-refractivity contribution in [3.63, 3.8) is 0 Å². The van der Waals surface area contributed by atoms with Gasteiger partial charge in [-0.25, -0.2) is 17.6 Å². The third-order valence-electron chi connectivity index (χ3n) is 9.51. The minimum Gasteiger partial charge on any atom is -0.206 e. The average Bonchev–Trinajstić information content (AvgIpc) is 3.00. The molecular formula is C36H39F4N. The molecule has 1 atom stereocenters. The highest BCUT2D eigenvalue weighted by Gasteiger charge is 2.34. The van der Waals surface area contributed by atoms with Crippen LogP contribution in [0.5, 0.6) is 0 Å². The molecule has 0 aliphatic heterocycles. The number of aryl methyl sites for hydroxylation is 2. The highest BCUT2D eigenvalue weighted by Crippen LogP contribution is 2.45. The Hall–Kier alpha value is -3.13. The Morgan fingerprint density at radius 2 is 1.44 bits per heavy atom. The lowest BCUT2D eigenvalue weighted by molar-refractivity contribution is 0.354. The van der Waals surface area contributed by atoms with Crippen LogP contribution in [0, 0.1) is 40.5 Å². The van der Waals surface area contributed by atoms with Crippen molar-refractivity contribution < 1.29 is 17.6 Å². The Morgan fingerprint density at radius 3 is 2.10 bits per heavy atom. The predicted octanol–water partition coefficient (Wildman–Crippen LogP) is 10.0. The number of rotatable bonds is 9. The fourth-order valence-corrected chi connectivity index (χ4v) is 7.01. The van der Waals surface area contributed by atoms with Crippen LogP contribution in [0.4, 0.5) is 17.6 Å². The summed E-state index contributed by atoms with van der Waals surface area (Å²) in [5.41, 5.74) is 3.91. The SMILES string of the molecule is CCCCCc1ccc(CCC2CCc3c(F)c(C4CCC(c5ccc(C#N)c(F)c5)CC4)c(F)c(F)c3C2)cc1. The van der Waals surface area contributed by atoms with E-state index in [1.807, 2.05) is 6.07 Å². The standard InChI is InChI=1S/C36H39F4N/c1-2-3-4-5-23-6-8-24(9-7-23)10-11-25-12-19-30-31(20-25)35(39)36(40)33(34(30)38)27-15-13-26(14-16-27)28-17-18-29(22-41)32(37)21-28/h6-9,17-18,21,25-27H,2-5,10-16,19-20H2,1H3. The van der Waals surface area contributed by atoms with Gasteiger partial charge in [0.05, 0.1) is 5.56 Å². The lowest BCUT2D eigenvalue weighted by Crippen LogP contribution is -2.22. The Morgan fingerprint density at radius 1 is 0.756 bits per heavy atom. The summed E-state index contributed by atoms with van der Waals surface area (Å²) in [5.74, 6) is -3.12. The van der Waals surface area contributed by atoms with Gasteiger partial charge in [0.2, 0.25) is 0 Å². The van der Waals surface area contributed by atoms with Gasteiger partial charge in [-0.3, -0.25) is 0 Å². The summed E-state index contributed by atoms with van der Waals surface area (Å²) in [7, 11) is 0. The zero-order valence-electron chi connectivity index (χ0n) is 23.9. The highest BCUT2D eigenvalue weighted by atomic mass is 19.2. The van der Waals surface area contributed by atoms with Crippen LogP contribution in [0.15, 0.2) is 42.5 Å². The van der Waals surface area contributed by atoms with Gasteiger partial charge in [-0.2, -0.15) is 5.26 Å². The maximum Gasteiger partial charge on any atom is 0.165 e. The molecule has 0 heterocycles. The molecule has 1 unspecified atom stereocenters. The van der Waals surface area contributed by atoms with Gasteiger partial charge in [-0.15, -0.1) is 0 Å². The van der Waals surface area contributed by atoms with Crippen LogP contribution in [0.1, 0.15) is 115 Å². The molecule has 1 saturated carbocycles. The summed E-state index contributed by atoms with van der Waals surface area (Å²) in [6.45, 7) is 2.21. The van der Waals surface area contributed by atoms with Gasteiger partial charge in [-0.1, -0.05) is 50.1 Å². The molecule has 1 fully saturated rings. The quantitative estimate of drug-likeness (QED) is 0.145. The van der Waals surface area contributed by atoms with Crippen molar-refractivity contribution in [3.05, 3.63) is 105 Å².